The van der Waals surface area contributed by atoms with E-state index in [2.05, 4.69) is 5.32 Å². The molecule has 3 N–H and O–H groups in total. The van der Waals surface area contributed by atoms with E-state index in [1.54, 1.807) is 11.9 Å². The minimum absolute atomic E-state index is 0.122. The van der Waals surface area contributed by atoms with Crippen LogP contribution in [0.25, 0.3) is 0 Å². The zero-order valence-electron chi connectivity index (χ0n) is 22.0. The fourth-order valence-corrected chi connectivity index (χ4v) is 4.63. The molecule has 0 spiro atoms. The molecule has 4 rings (SSSR count). The summed E-state index contributed by atoms with van der Waals surface area (Å²) in [6, 6.07) is 14.7. The molecule has 0 unspecified atom stereocenters. The summed E-state index contributed by atoms with van der Waals surface area (Å²) in [5.74, 6) is -0.154. The lowest BCUT2D eigenvalue weighted by atomic mass is 10.0. The molecule has 2 aromatic rings. The number of rotatable bonds is 4. The zero-order chi connectivity index (χ0) is 27.8. The van der Waals surface area contributed by atoms with Gasteiger partial charge >= 0.3 is 0 Å². The highest BCUT2D eigenvalue weighted by molar-refractivity contribution is 5.85. The SMILES string of the molecule is CN1CC(=O)N[C@H]2CN(C(=O)COCC(N)=O)CC[C@H]2OCc2cccc(c2)Oc2cccc(c2)CCC1=O. The summed E-state index contributed by atoms with van der Waals surface area (Å²) in [7, 11) is 1.59. The average Bonchev–Trinajstić information content (AvgIpc) is 2.90. The van der Waals surface area contributed by atoms with Crippen molar-refractivity contribution in [2.75, 3.05) is 39.9 Å². The van der Waals surface area contributed by atoms with Crippen LogP contribution in [0.2, 0.25) is 0 Å². The van der Waals surface area contributed by atoms with E-state index in [0.29, 0.717) is 30.9 Å². The lowest BCUT2D eigenvalue weighted by molar-refractivity contribution is -0.143. The molecule has 1 saturated heterocycles. The third-order valence-corrected chi connectivity index (χ3v) is 6.65. The van der Waals surface area contributed by atoms with Gasteiger partial charge in [0.2, 0.25) is 23.6 Å². The zero-order valence-corrected chi connectivity index (χ0v) is 22.0. The second-order valence-corrected chi connectivity index (χ2v) is 9.76. The Labute approximate surface area is 227 Å². The van der Waals surface area contributed by atoms with Gasteiger partial charge in [0.25, 0.3) is 0 Å². The van der Waals surface area contributed by atoms with Crippen LogP contribution >= 0.6 is 0 Å². The van der Waals surface area contributed by atoms with E-state index in [-0.39, 0.29) is 63.2 Å². The third kappa shape index (κ3) is 8.26. The van der Waals surface area contributed by atoms with Crippen molar-refractivity contribution in [1.82, 2.24) is 15.1 Å². The number of likely N-dealkylation sites (N-methyl/N-ethyl adjacent to an activating group) is 1. The van der Waals surface area contributed by atoms with Gasteiger partial charge in [-0.15, -0.1) is 0 Å². The number of nitrogens with one attached hydrogen (secondary N) is 1. The minimum Gasteiger partial charge on any atom is -0.457 e. The first kappa shape index (κ1) is 28.1. The van der Waals surface area contributed by atoms with Crippen molar-refractivity contribution in [2.45, 2.75) is 38.0 Å². The predicted octanol–water partition coefficient (Wildman–Crippen LogP) is 0.988. The molecule has 39 heavy (non-hydrogen) atoms. The number of ether oxygens (including phenoxy) is 3. The maximum absolute atomic E-state index is 12.9. The number of piperidine rings is 1. The van der Waals surface area contributed by atoms with Gasteiger partial charge in [0.1, 0.15) is 24.7 Å². The first-order valence-electron chi connectivity index (χ1n) is 12.9. The van der Waals surface area contributed by atoms with Crippen LogP contribution < -0.4 is 15.8 Å². The van der Waals surface area contributed by atoms with Crippen molar-refractivity contribution in [3.05, 3.63) is 59.7 Å². The minimum atomic E-state index is -0.660. The van der Waals surface area contributed by atoms with Crippen LogP contribution in [0.4, 0.5) is 0 Å². The van der Waals surface area contributed by atoms with Gasteiger partial charge in [-0.1, -0.05) is 24.3 Å². The van der Waals surface area contributed by atoms with Crippen LogP contribution in [-0.2, 0) is 41.7 Å². The summed E-state index contributed by atoms with van der Waals surface area (Å²) < 4.78 is 17.4. The second-order valence-electron chi connectivity index (χ2n) is 9.76. The Bertz CT molecular complexity index is 1200. The summed E-state index contributed by atoms with van der Waals surface area (Å²) in [5, 5.41) is 2.95. The maximum Gasteiger partial charge on any atom is 0.248 e. The van der Waals surface area contributed by atoms with Crippen LogP contribution in [0, 0.1) is 0 Å². The van der Waals surface area contributed by atoms with Crippen molar-refractivity contribution < 1.29 is 33.4 Å². The molecule has 0 aromatic heterocycles. The van der Waals surface area contributed by atoms with Crippen molar-refractivity contribution in [2.24, 2.45) is 5.73 Å². The quantitative estimate of drug-likeness (QED) is 0.592. The molecule has 11 nitrogen and oxygen atoms in total. The van der Waals surface area contributed by atoms with Crippen LogP contribution in [0.5, 0.6) is 11.5 Å². The third-order valence-electron chi connectivity index (χ3n) is 6.65. The highest BCUT2D eigenvalue weighted by Crippen LogP contribution is 2.25. The van der Waals surface area contributed by atoms with Gasteiger partial charge in [0.05, 0.1) is 25.3 Å². The van der Waals surface area contributed by atoms with Crippen LogP contribution in [0.15, 0.2) is 48.5 Å². The largest absolute Gasteiger partial charge is 0.457 e. The summed E-state index contributed by atoms with van der Waals surface area (Å²) in [6.45, 7) is 0.115. The summed E-state index contributed by atoms with van der Waals surface area (Å²) in [6.07, 6.45) is 0.858. The van der Waals surface area contributed by atoms with Crippen LogP contribution in [0.3, 0.4) is 0 Å². The van der Waals surface area contributed by atoms with E-state index in [1.807, 2.05) is 48.5 Å². The molecule has 0 aliphatic carbocycles. The standard InChI is InChI=1S/C28H34N4O7/c1-31-15-26(34)30-23-14-32(28(36)18-37-17-25(29)33)11-10-24(23)38-16-20-5-3-7-22(13-20)39-21-6-2-4-19(12-21)8-9-27(31)35/h2-7,12-13,23-24H,8-11,14-18H2,1H3,(H2,29,33)(H,30,34)/t23-,24+/m0/s1. The normalized spacial score (nSPS) is 20.6. The molecule has 11 heteroatoms. The molecule has 1 fully saturated rings. The molecule has 4 bridgehead atoms. The number of hydrogen-bond acceptors (Lipinski definition) is 7. The van der Waals surface area contributed by atoms with Gasteiger partial charge in [-0.3, -0.25) is 19.2 Å². The Morgan fingerprint density at radius 1 is 1.05 bits per heavy atom. The fraction of sp³-hybridized carbons (Fsp3) is 0.429. The number of nitrogens with zero attached hydrogens (tertiary/aromatic N) is 2. The predicted molar refractivity (Wildman–Crippen MR) is 141 cm³/mol. The van der Waals surface area contributed by atoms with Crippen molar-refractivity contribution in [1.29, 1.82) is 0 Å². The Morgan fingerprint density at radius 2 is 1.77 bits per heavy atom. The molecule has 2 aliphatic rings. The van der Waals surface area contributed by atoms with E-state index in [0.717, 1.165) is 11.1 Å². The number of amides is 4. The van der Waals surface area contributed by atoms with Crippen molar-refractivity contribution in [3.8, 4) is 11.5 Å². The Kier molecular flexibility index (Phi) is 9.50. The highest BCUT2D eigenvalue weighted by Gasteiger charge is 2.33. The van der Waals surface area contributed by atoms with Gasteiger partial charge in [-0.2, -0.15) is 0 Å². The van der Waals surface area contributed by atoms with E-state index >= 15 is 0 Å². The number of aryl methyl sites for hydroxylation is 1. The second kappa shape index (κ2) is 13.2. The van der Waals surface area contributed by atoms with Crippen LogP contribution in [0.1, 0.15) is 24.0 Å². The number of primary amides is 1. The molecule has 0 saturated carbocycles. The fourth-order valence-electron chi connectivity index (χ4n) is 4.63. The molecule has 2 heterocycles. The molecular formula is C28H34N4O7. The first-order chi connectivity index (χ1) is 18.8. The van der Waals surface area contributed by atoms with Crippen molar-refractivity contribution in [3.63, 3.8) is 0 Å². The molecule has 2 aromatic carbocycles. The topological polar surface area (TPSA) is 140 Å². The molecule has 0 radical (unpaired) electrons. The average molecular weight is 539 g/mol. The number of carbonyl (C=O) groups is 4. The van der Waals surface area contributed by atoms with Gasteiger partial charge in [-0.25, -0.2) is 0 Å². The summed E-state index contributed by atoms with van der Waals surface area (Å²) in [5.41, 5.74) is 6.92. The Balaban J connectivity index is 1.51. The number of carbonyl (C=O) groups excluding carboxylic acids is 4. The molecule has 208 valence electrons. The number of hydrogen-bond donors (Lipinski definition) is 2. The first-order valence-corrected chi connectivity index (χ1v) is 12.9. The molecule has 2 atom stereocenters. The van der Waals surface area contributed by atoms with E-state index < -0.39 is 11.9 Å². The van der Waals surface area contributed by atoms with Gasteiger partial charge in [0.15, 0.2) is 0 Å². The number of likely N-dealkylation sites (tertiary alicyclic amines) is 1. The lowest BCUT2D eigenvalue weighted by Gasteiger charge is -2.39. The molecule has 2 aliphatic heterocycles. The number of benzene rings is 2. The van der Waals surface area contributed by atoms with E-state index in [1.165, 1.54) is 4.90 Å². The van der Waals surface area contributed by atoms with E-state index in [9.17, 15) is 19.2 Å². The number of fused-ring (bicyclic) bond motifs is 5. The molecular weight excluding hydrogens is 504 g/mol. The van der Waals surface area contributed by atoms with Gasteiger partial charge in [-0.05, 0) is 48.2 Å². The lowest BCUT2D eigenvalue weighted by Crippen LogP contribution is -2.58. The monoisotopic (exact) mass is 538 g/mol. The Hall–Kier alpha value is -3.96. The van der Waals surface area contributed by atoms with Crippen molar-refractivity contribution >= 4 is 23.6 Å². The summed E-state index contributed by atoms with van der Waals surface area (Å²) >= 11 is 0. The smallest absolute Gasteiger partial charge is 0.248 e. The van der Waals surface area contributed by atoms with Crippen LogP contribution in [-0.4, -0.2) is 85.5 Å². The van der Waals surface area contributed by atoms with E-state index in [4.69, 9.17) is 19.9 Å². The molecule has 4 amide bonds. The number of nitrogens with two attached hydrogens (primary N) is 1. The Morgan fingerprint density at radius 3 is 2.51 bits per heavy atom. The summed E-state index contributed by atoms with van der Waals surface area (Å²) in [4.78, 5) is 52.2. The van der Waals surface area contributed by atoms with Gasteiger partial charge in [0, 0.05) is 26.6 Å². The van der Waals surface area contributed by atoms with Gasteiger partial charge < -0.3 is 35.1 Å². The highest BCUT2D eigenvalue weighted by atomic mass is 16.5. The maximum atomic E-state index is 12.9.